The third-order valence-corrected chi connectivity index (χ3v) is 4.26. The van der Waals surface area contributed by atoms with Crippen LogP contribution in [0, 0.1) is 0 Å². The Hall–Kier alpha value is -3.09. The van der Waals surface area contributed by atoms with Gasteiger partial charge in [0.15, 0.2) is 5.65 Å². The highest BCUT2D eigenvalue weighted by Gasteiger charge is 2.19. The van der Waals surface area contributed by atoms with E-state index in [0.717, 1.165) is 42.8 Å². The molecule has 1 amide bonds. The van der Waals surface area contributed by atoms with Gasteiger partial charge >= 0.3 is 0 Å². The molecule has 0 aliphatic carbocycles. The standard InChI is InChI=1S/C17H18N6O/c18-16(24)12-4-3-11(9-14(12)23-7-1-2-8-23)21-15-6-5-13-17(22-15)20-10-19-13/h3-6,9-10H,1-2,7-8H2,(H2,18,24)(H2,19,20,21,22). The number of anilines is 3. The summed E-state index contributed by atoms with van der Waals surface area (Å²) >= 11 is 0. The lowest BCUT2D eigenvalue weighted by molar-refractivity contribution is 0.100. The van der Waals surface area contributed by atoms with Gasteiger partial charge in [0, 0.05) is 18.8 Å². The number of imidazole rings is 1. The molecule has 0 spiro atoms. The number of nitrogens with two attached hydrogens (primary N) is 1. The lowest BCUT2D eigenvalue weighted by Gasteiger charge is -2.21. The van der Waals surface area contributed by atoms with Crippen LogP contribution in [0.2, 0.25) is 0 Å². The van der Waals surface area contributed by atoms with Crippen molar-refractivity contribution in [3.05, 3.63) is 42.2 Å². The molecule has 1 saturated heterocycles. The quantitative estimate of drug-likeness (QED) is 0.685. The fourth-order valence-corrected chi connectivity index (χ4v) is 3.08. The number of pyridine rings is 1. The van der Waals surface area contributed by atoms with Crippen molar-refractivity contribution in [2.45, 2.75) is 12.8 Å². The number of fused-ring (bicyclic) bond motifs is 1. The Morgan fingerprint density at radius 3 is 2.83 bits per heavy atom. The zero-order valence-electron chi connectivity index (χ0n) is 13.1. The van der Waals surface area contributed by atoms with E-state index in [1.165, 1.54) is 0 Å². The van der Waals surface area contributed by atoms with Gasteiger partial charge in [-0.1, -0.05) is 0 Å². The van der Waals surface area contributed by atoms with E-state index in [4.69, 9.17) is 5.73 Å². The molecule has 0 atom stereocenters. The third kappa shape index (κ3) is 2.64. The van der Waals surface area contributed by atoms with E-state index in [1.54, 1.807) is 12.4 Å². The number of amides is 1. The van der Waals surface area contributed by atoms with E-state index in [1.807, 2.05) is 24.3 Å². The maximum atomic E-state index is 11.7. The maximum absolute atomic E-state index is 11.7. The predicted octanol–water partition coefficient (Wildman–Crippen LogP) is 2.40. The van der Waals surface area contributed by atoms with Gasteiger partial charge in [0.1, 0.15) is 5.82 Å². The molecule has 1 aromatic carbocycles. The van der Waals surface area contributed by atoms with Crippen LogP contribution in [0.15, 0.2) is 36.7 Å². The summed E-state index contributed by atoms with van der Waals surface area (Å²) in [7, 11) is 0. The second-order valence-corrected chi connectivity index (χ2v) is 5.89. The summed E-state index contributed by atoms with van der Waals surface area (Å²) in [4.78, 5) is 25.6. The molecular weight excluding hydrogens is 304 g/mol. The zero-order chi connectivity index (χ0) is 16.5. The van der Waals surface area contributed by atoms with Crippen LogP contribution >= 0.6 is 0 Å². The minimum Gasteiger partial charge on any atom is -0.371 e. The number of carbonyl (C=O) groups is 1. The maximum Gasteiger partial charge on any atom is 0.250 e. The van der Waals surface area contributed by atoms with Gasteiger partial charge in [0.05, 0.1) is 23.1 Å². The van der Waals surface area contributed by atoms with Gasteiger partial charge in [0.2, 0.25) is 0 Å². The molecule has 4 N–H and O–H groups in total. The molecule has 24 heavy (non-hydrogen) atoms. The number of benzene rings is 1. The monoisotopic (exact) mass is 322 g/mol. The molecule has 1 fully saturated rings. The molecule has 2 aromatic heterocycles. The van der Waals surface area contributed by atoms with Crippen molar-refractivity contribution in [2.24, 2.45) is 5.73 Å². The van der Waals surface area contributed by atoms with E-state index >= 15 is 0 Å². The van der Waals surface area contributed by atoms with Gasteiger partial charge in [-0.25, -0.2) is 9.97 Å². The number of rotatable bonds is 4. The van der Waals surface area contributed by atoms with Crippen LogP contribution < -0.4 is 16.0 Å². The Morgan fingerprint density at radius 1 is 1.21 bits per heavy atom. The molecule has 7 heteroatoms. The SMILES string of the molecule is NC(=O)c1ccc(Nc2ccc3[nH]cnc3n2)cc1N1CCCC1. The summed E-state index contributed by atoms with van der Waals surface area (Å²) in [6.45, 7) is 1.89. The molecular formula is C17H18N6O. The van der Waals surface area contributed by atoms with Crippen LogP contribution in [0.25, 0.3) is 11.2 Å². The number of nitrogens with zero attached hydrogens (tertiary/aromatic N) is 3. The predicted molar refractivity (Wildman–Crippen MR) is 93.6 cm³/mol. The van der Waals surface area contributed by atoms with Crippen LogP contribution in [0.1, 0.15) is 23.2 Å². The van der Waals surface area contributed by atoms with Gasteiger partial charge in [-0.2, -0.15) is 0 Å². The summed E-state index contributed by atoms with van der Waals surface area (Å²) in [6, 6.07) is 9.39. The summed E-state index contributed by atoms with van der Waals surface area (Å²) in [6.07, 6.45) is 3.88. The van der Waals surface area contributed by atoms with E-state index in [-0.39, 0.29) is 0 Å². The molecule has 122 valence electrons. The van der Waals surface area contributed by atoms with E-state index < -0.39 is 5.91 Å². The minimum atomic E-state index is -0.403. The average Bonchev–Trinajstić information content (AvgIpc) is 3.26. The largest absolute Gasteiger partial charge is 0.371 e. The average molecular weight is 322 g/mol. The molecule has 1 aliphatic rings. The molecule has 0 radical (unpaired) electrons. The first-order chi connectivity index (χ1) is 11.7. The lowest BCUT2D eigenvalue weighted by atomic mass is 10.1. The fourth-order valence-electron chi connectivity index (χ4n) is 3.08. The summed E-state index contributed by atoms with van der Waals surface area (Å²) in [5, 5.41) is 3.27. The first-order valence-electron chi connectivity index (χ1n) is 7.97. The number of aromatic amines is 1. The number of hydrogen-bond donors (Lipinski definition) is 3. The fraction of sp³-hybridized carbons (Fsp3) is 0.235. The Labute approximate surface area is 138 Å². The number of aromatic nitrogens is 3. The van der Waals surface area contributed by atoms with Crippen molar-refractivity contribution in [3.8, 4) is 0 Å². The van der Waals surface area contributed by atoms with E-state index in [9.17, 15) is 4.79 Å². The number of nitrogens with one attached hydrogen (secondary N) is 2. The molecule has 0 saturated carbocycles. The van der Waals surface area contributed by atoms with Crippen LogP contribution in [0.3, 0.4) is 0 Å². The number of primary amides is 1. The van der Waals surface area contributed by atoms with Gasteiger partial charge < -0.3 is 20.9 Å². The number of hydrogen-bond acceptors (Lipinski definition) is 5. The first kappa shape index (κ1) is 14.5. The van der Waals surface area contributed by atoms with Gasteiger partial charge in [-0.15, -0.1) is 0 Å². The Bertz CT molecular complexity index is 897. The van der Waals surface area contributed by atoms with Gasteiger partial charge in [0.25, 0.3) is 5.91 Å². The second kappa shape index (κ2) is 5.84. The van der Waals surface area contributed by atoms with Crippen molar-refractivity contribution >= 4 is 34.3 Å². The van der Waals surface area contributed by atoms with Crippen LogP contribution in [-0.2, 0) is 0 Å². The molecule has 7 nitrogen and oxygen atoms in total. The summed E-state index contributed by atoms with van der Waals surface area (Å²) < 4.78 is 0. The van der Waals surface area contributed by atoms with Crippen molar-refractivity contribution in [1.29, 1.82) is 0 Å². The summed E-state index contributed by atoms with van der Waals surface area (Å²) in [5.41, 5.74) is 9.38. The Morgan fingerprint density at radius 2 is 2.04 bits per heavy atom. The molecule has 1 aliphatic heterocycles. The van der Waals surface area contributed by atoms with Crippen molar-refractivity contribution in [3.63, 3.8) is 0 Å². The molecule has 4 rings (SSSR count). The van der Waals surface area contributed by atoms with E-state index in [2.05, 4.69) is 25.2 Å². The highest BCUT2D eigenvalue weighted by Crippen LogP contribution is 2.29. The van der Waals surface area contributed by atoms with Gasteiger partial charge in [-0.3, -0.25) is 4.79 Å². The smallest absolute Gasteiger partial charge is 0.250 e. The van der Waals surface area contributed by atoms with Gasteiger partial charge in [-0.05, 0) is 43.2 Å². The molecule has 3 aromatic rings. The second-order valence-electron chi connectivity index (χ2n) is 5.89. The molecule has 3 heterocycles. The molecule has 0 unspecified atom stereocenters. The highest BCUT2D eigenvalue weighted by atomic mass is 16.1. The highest BCUT2D eigenvalue weighted by molar-refractivity contribution is 5.99. The van der Waals surface area contributed by atoms with Crippen LogP contribution in [0.4, 0.5) is 17.2 Å². The minimum absolute atomic E-state index is 0.403. The third-order valence-electron chi connectivity index (χ3n) is 4.26. The zero-order valence-corrected chi connectivity index (χ0v) is 13.1. The summed E-state index contributed by atoms with van der Waals surface area (Å²) in [5.74, 6) is 0.299. The topological polar surface area (TPSA) is 99.9 Å². The lowest BCUT2D eigenvalue weighted by Crippen LogP contribution is -2.23. The van der Waals surface area contributed by atoms with Crippen LogP contribution in [0.5, 0.6) is 0 Å². The van der Waals surface area contributed by atoms with Crippen LogP contribution in [-0.4, -0.2) is 33.9 Å². The Balaban J connectivity index is 1.67. The Kier molecular flexibility index (Phi) is 3.53. The molecule has 0 bridgehead atoms. The number of H-pyrrole nitrogens is 1. The first-order valence-corrected chi connectivity index (χ1v) is 7.97. The normalized spacial score (nSPS) is 14.2. The van der Waals surface area contributed by atoms with Crippen molar-refractivity contribution in [2.75, 3.05) is 23.3 Å². The van der Waals surface area contributed by atoms with Crippen molar-refractivity contribution in [1.82, 2.24) is 15.0 Å². The van der Waals surface area contributed by atoms with Crippen molar-refractivity contribution < 1.29 is 4.79 Å². The number of carbonyl (C=O) groups excluding carboxylic acids is 1. The van der Waals surface area contributed by atoms with E-state index in [0.29, 0.717) is 17.0 Å².